The molecule has 92 valence electrons. The zero-order chi connectivity index (χ0) is 12.8. The topological polar surface area (TPSA) is 91.5 Å². The third-order valence-electron chi connectivity index (χ3n) is 2.09. The Kier molecular flexibility index (Phi) is 4.83. The van der Waals surface area contributed by atoms with Gasteiger partial charge in [0.25, 0.3) is 0 Å². The third kappa shape index (κ3) is 2.90. The van der Waals surface area contributed by atoms with Gasteiger partial charge in [0.05, 0.1) is 10.2 Å². The molecule has 7 heteroatoms. The molecule has 4 N–H and O–H groups in total. The number of urea groups is 1. The summed E-state index contributed by atoms with van der Waals surface area (Å²) in [4.78, 5) is 17.2. The van der Waals surface area contributed by atoms with Gasteiger partial charge in [-0.1, -0.05) is 23.5 Å². The minimum atomic E-state index is -0.158. The van der Waals surface area contributed by atoms with Crippen LogP contribution in [0, 0.1) is 0 Å². The number of nitrogens with one attached hydrogen (secondary N) is 1. The van der Waals surface area contributed by atoms with Crippen LogP contribution in [0.15, 0.2) is 24.3 Å². The van der Waals surface area contributed by atoms with E-state index in [1.807, 2.05) is 24.3 Å². The first-order chi connectivity index (χ1) is 8.22. The first-order valence-corrected chi connectivity index (χ1v) is 5.61. The van der Waals surface area contributed by atoms with Crippen molar-refractivity contribution in [3.63, 3.8) is 0 Å². The first kappa shape index (κ1) is 13.4. The van der Waals surface area contributed by atoms with E-state index in [-0.39, 0.29) is 6.03 Å². The summed E-state index contributed by atoms with van der Waals surface area (Å²) in [6.45, 7) is 0. The van der Waals surface area contributed by atoms with E-state index in [0.29, 0.717) is 5.13 Å². The fraction of sp³-hybridized carbons (Fsp3) is 0.200. The number of amides is 2. The molecule has 0 saturated carbocycles. The van der Waals surface area contributed by atoms with Crippen LogP contribution >= 0.6 is 11.3 Å². The first-order valence-electron chi connectivity index (χ1n) is 4.79. The van der Waals surface area contributed by atoms with Crippen molar-refractivity contribution in [2.75, 3.05) is 19.0 Å². The van der Waals surface area contributed by atoms with Crippen molar-refractivity contribution in [3.8, 4) is 0 Å². The Labute approximate surface area is 103 Å². The lowest BCUT2D eigenvalue weighted by Gasteiger charge is -2.11. The molecule has 6 nitrogen and oxygen atoms in total. The number of nitrogens with zero attached hydrogens (tertiary/aromatic N) is 2. The van der Waals surface area contributed by atoms with Gasteiger partial charge in [0.1, 0.15) is 0 Å². The van der Waals surface area contributed by atoms with E-state index in [1.165, 1.54) is 16.2 Å². The quantitative estimate of drug-likeness (QED) is 0.671. The van der Waals surface area contributed by atoms with Crippen LogP contribution in [0.25, 0.3) is 10.2 Å². The average Bonchev–Trinajstić information content (AvgIpc) is 2.83. The molecule has 0 aliphatic rings. The van der Waals surface area contributed by atoms with Crippen molar-refractivity contribution in [1.82, 2.24) is 10.3 Å². The van der Waals surface area contributed by atoms with Gasteiger partial charge < -0.3 is 10.5 Å². The van der Waals surface area contributed by atoms with Gasteiger partial charge in [-0.3, -0.25) is 4.90 Å². The molecule has 0 bridgehead atoms. The molecule has 0 aliphatic carbocycles. The van der Waals surface area contributed by atoms with Crippen molar-refractivity contribution >= 4 is 32.7 Å². The van der Waals surface area contributed by atoms with Crippen LogP contribution < -0.4 is 16.1 Å². The fourth-order valence-corrected chi connectivity index (χ4v) is 2.18. The van der Waals surface area contributed by atoms with Gasteiger partial charge in [-0.15, -0.1) is 0 Å². The lowest BCUT2D eigenvalue weighted by molar-refractivity contribution is 0.249. The zero-order valence-electron chi connectivity index (χ0n) is 9.54. The zero-order valence-corrected chi connectivity index (χ0v) is 10.4. The lowest BCUT2D eigenvalue weighted by Crippen LogP contribution is -2.34. The maximum absolute atomic E-state index is 11.4. The Bertz CT molecular complexity index is 467. The Morgan fingerprint density at radius 1 is 1.47 bits per heavy atom. The van der Waals surface area contributed by atoms with Crippen LogP contribution in [0.2, 0.25) is 0 Å². The van der Waals surface area contributed by atoms with Crippen molar-refractivity contribution in [2.45, 2.75) is 0 Å². The number of carbonyl (C=O) groups excluding carboxylic acids is 1. The predicted molar refractivity (Wildman–Crippen MR) is 68.5 cm³/mol. The second-order valence-corrected chi connectivity index (χ2v) is 4.09. The van der Waals surface area contributed by atoms with Crippen LogP contribution in [0.5, 0.6) is 0 Å². The highest BCUT2D eigenvalue weighted by atomic mass is 32.1. The van der Waals surface area contributed by atoms with E-state index >= 15 is 0 Å². The van der Waals surface area contributed by atoms with Gasteiger partial charge >= 0.3 is 6.03 Å². The number of benzene rings is 1. The maximum atomic E-state index is 11.4. The molecule has 0 atom stereocenters. The second-order valence-electron chi connectivity index (χ2n) is 3.08. The fourth-order valence-electron chi connectivity index (χ4n) is 1.26. The summed E-state index contributed by atoms with van der Waals surface area (Å²) >= 11 is 1.50. The minimum absolute atomic E-state index is 0.158. The summed E-state index contributed by atoms with van der Waals surface area (Å²) in [5.74, 6) is 3.50. The Morgan fingerprint density at radius 3 is 2.71 bits per heavy atom. The Balaban J connectivity index is 0.000000686. The molecular formula is C10H14N4O2S. The largest absolute Gasteiger partial charge is 0.341 e. The highest BCUT2D eigenvalue weighted by Gasteiger charge is 2.12. The summed E-state index contributed by atoms with van der Waals surface area (Å²) in [5.41, 5.74) is 0.924. The van der Waals surface area contributed by atoms with Gasteiger partial charge in [-0.2, -0.15) is 0 Å². The summed E-state index contributed by atoms with van der Waals surface area (Å²) < 4.78 is 1.09. The standard InChI is InChI=1S/C10H11N3OS.H3NO/c1-11-9(14)13(2)10-12-7-5-3-4-6-8(7)15-10;1-2/h3-6H,1-2H3,(H,11,14);2H,1H2. The van der Waals surface area contributed by atoms with Crippen LogP contribution in [0.1, 0.15) is 0 Å². The van der Waals surface area contributed by atoms with E-state index in [4.69, 9.17) is 5.21 Å². The molecule has 0 unspecified atom stereocenters. The van der Waals surface area contributed by atoms with Gasteiger partial charge in [0.15, 0.2) is 5.13 Å². The van der Waals surface area contributed by atoms with Crippen molar-refractivity contribution < 1.29 is 10.0 Å². The van der Waals surface area contributed by atoms with Gasteiger partial charge in [-0.05, 0) is 12.1 Å². The average molecular weight is 254 g/mol. The summed E-state index contributed by atoms with van der Waals surface area (Å²) in [6.07, 6.45) is 0. The lowest BCUT2D eigenvalue weighted by atomic mass is 10.3. The molecule has 0 fully saturated rings. The molecule has 1 aromatic heterocycles. The number of aromatic nitrogens is 1. The number of thiazole rings is 1. The minimum Gasteiger partial charge on any atom is -0.341 e. The number of carbonyl (C=O) groups is 1. The monoisotopic (exact) mass is 254 g/mol. The van der Waals surface area contributed by atoms with Crippen molar-refractivity contribution in [3.05, 3.63) is 24.3 Å². The Hall–Kier alpha value is -1.70. The van der Waals surface area contributed by atoms with Gasteiger partial charge in [0, 0.05) is 14.1 Å². The van der Waals surface area contributed by atoms with Gasteiger partial charge in [-0.25, -0.2) is 15.7 Å². The molecule has 0 spiro atoms. The van der Waals surface area contributed by atoms with Crippen LogP contribution in [0.4, 0.5) is 9.93 Å². The summed E-state index contributed by atoms with van der Waals surface area (Å²) in [7, 11) is 3.31. The second kappa shape index (κ2) is 6.14. The molecule has 0 saturated heterocycles. The van der Waals surface area contributed by atoms with E-state index in [1.54, 1.807) is 14.1 Å². The molecule has 1 heterocycles. The van der Waals surface area contributed by atoms with Crippen molar-refractivity contribution in [2.24, 2.45) is 5.90 Å². The molecule has 0 aliphatic heterocycles. The SMILES string of the molecule is CNC(=O)N(C)c1nc2ccccc2s1.NO. The third-order valence-corrected chi connectivity index (χ3v) is 3.20. The normalized spacial score (nSPS) is 9.41. The van der Waals surface area contributed by atoms with Crippen LogP contribution in [-0.2, 0) is 0 Å². The molecule has 0 radical (unpaired) electrons. The van der Waals surface area contributed by atoms with Crippen molar-refractivity contribution in [1.29, 1.82) is 0 Å². The molecule has 2 amide bonds. The maximum Gasteiger partial charge on any atom is 0.323 e. The highest BCUT2D eigenvalue weighted by molar-refractivity contribution is 7.22. The van der Waals surface area contributed by atoms with Crippen LogP contribution in [-0.4, -0.2) is 30.3 Å². The number of para-hydroxylation sites is 1. The molecule has 2 aromatic rings. The summed E-state index contributed by atoms with van der Waals surface area (Å²) in [5, 5.41) is 9.77. The van der Waals surface area contributed by atoms with E-state index < -0.39 is 0 Å². The van der Waals surface area contributed by atoms with E-state index in [0.717, 1.165) is 10.2 Å². The van der Waals surface area contributed by atoms with Gasteiger partial charge in [0.2, 0.25) is 0 Å². The number of rotatable bonds is 1. The smallest absolute Gasteiger partial charge is 0.323 e. The molecule has 1 aromatic carbocycles. The van der Waals surface area contributed by atoms with E-state index in [2.05, 4.69) is 16.2 Å². The number of hydrogen-bond acceptors (Lipinski definition) is 5. The number of hydrogen-bond donors (Lipinski definition) is 3. The highest BCUT2D eigenvalue weighted by Crippen LogP contribution is 2.27. The number of fused-ring (bicyclic) bond motifs is 1. The Morgan fingerprint density at radius 2 is 2.12 bits per heavy atom. The van der Waals surface area contributed by atoms with Crippen LogP contribution in [0.3, 0.4) is 0 Å². The predicted octanol–water partition coefficient (Wildman–Crippen LogP) is 1.41. The number of anilines is 1. The number of nitrogens with two attached hydrogens (primary N) is 1. The summed E-state index contributed by atoms with van der Waals surface area (Å²) in [6, 6.07) is 7.67. The molecular weight excluding hydrogens is 240 g/mol. The molecule has 2 rings (SSSR count). The van der Waals surface area contributed by atoms with E-state index in [9.17, 15) is 4.79 Å². The molecule has 17 heavy (non-hydrogen) atoms.